The highest BCUT2D eigenvalue weighted by Crippen LogP contribution is 2.22. The molecule has 1 aromatic carbocycles. The molecule has 18 heavy (non-hydrogen) atoms. The normalized spacial score (nSPS) is 10.3. The molecule has 4 N–H and O–H groups in total. The lowest BCUT2D eigenvalue weighted by molar-refractivity contribution is 0.0949. The van der Waals surface area contributed by atoms with Crippen molar-refractivity contribution in [3.63, 3.8) is 0 Å². The fourth-order valence-corrected chi connectivity index (χ4v) is 1.89. The standard InChI is InChI=1S/C11H10BrFN4O/c12-7-4-8(13)9(14)3-6(7)11(18)17-5-10-15-1-2-16-10/h1-4H,5,14H2,(H,15,16)(H,17,18). The van der Waals surface area contributed by atoms with Gasteiger partial charge < -0.3 is 16.0 Å². The molecule has 1 heterocycles. The molecule has 0 radical (unpaired) electrons. The maximum Gasteiger partial charge on any atom is 0.252 e. The number of H-pyrrole nitrogens is 1. The second-order valence-corrected chi connectivity index (χ2v) is 4.43. The molecule has 0 spiro atoms. The zero-order valence-electron chi connectivity index (χ0n) is 9.21. The van der Waals surface area contributed by atoms with Crippen LogP contribution in [-0.2, 0) is 6.54 Å². The molecule has 0 aliphatic rings. The number of benzene rings is 1. The number of nitrogens with two attached hydrogens (primary N) is 1. The van der Waals surface area contributed by atoms with Crippen LogP contribution in [0.2, 0.25) is 0 Å². The molecule has 0 unspecified atom stereocenters. The molecule has 2 rings (SSSR count). The quantitative estimate of drug-likeness (QED) is 0.756. The second kappa shape index (κ2) is 5.18. The summed E-state index contributed by atoms with van der Waals surface area (Å²) < 4.78 is 13.5. The fourth-order valence-electron chi connectivity index (χ4n) is 1.39. The lowest BCUT2D eigenvalue weighted by Crippen LogP contribution is -2.24. The van der Waals surface area contributed by atoms with Gasteiger partial charge in [-0.3, -0.25) is 4.79 Å². The second-order valence-electron chi connectivity index (χ2n) is 3.57. The Bertz CT molecular complexity index is 571. The monoisotopic (exact) mass is 312 g/mol. The van der Waals surface area contributed by atoms with Gasteiger partial charge in [0.05, 0.1) is 17.8 Å². The number of carbonyl (C=O) groups excluding carboxylic acids is 1. The Balaban J connectivity index is 2.11. The number of nitrogens with zero attached hydrogens (tertiary/aromatic N) is 1. The van der Waals surface area contributed by atoms with Crippen molar-refractivity contribution in [2.24, 2.45) is 0 Å². The minimum absolute atomic E-state index is 0.0682. The molecule has 0 bridgehead atoms. The summed E-state index contributed by atoms with van der Waals surface area (Å²) in [6.45, 7) is 0.259. The molecule has 1 aromatic heterocycles. The topological polar surface area (TPSA) is 83.8 Å². The van der Waals surface area contributed by atoms with Crippen LogP contribution in [0.3, 0.4) is 0 Å². The van der Waals surface area contributed by atoms with E-state index in [1.807, 2.05) is 0 Å². The van der Waals surface area contributed by atoms with Crippen LogP contribution < -0.4 is 11.1 Å². The van der Waals surface area contributed by atoms with Crippen molar-refractivity contribution in [1.82, 2.24) is 15.3 Å². The van der Waals surface area contributed by atoms with Crippen molar-refractivity contribution in [1.29, 1.82) is 0 Å². The summed E-state index contributed by atoms with van der Waals surface area (Å²) in [5.74, 6) is -0.288. The molecule has 0 aliphatic heterocycles. The van der Waals surface area contributed by atoms with E-state index in [-0.39, 0.29) is 23.7 Å². The predicted molar refractivity (Wildman–Crippen MR) is 68.3 cm³/mol. The lowest BCUT2D eigenvalue weighted by atomic mass is 10.2. The molecule has 5 nitrogen and oxygen atoms in total. The minimum Gasteiger partial charge on any atom is -0.396 e. The number of nitrogen functional groups attached to an aromatic ring is 1. The van der Waals surface area contributed by atoms with Crippen LogP contribution in [0, 0.1) is 5.82 Å². The van der Waals surface area contributed by atoms with E-state index >= 15 is 0 Å². The average molecular weight is 313 g/mol. The van der Waals surface area contributed by atoms with Gasteiger partial charge in [-0.25, -0.2) is 9.37 Å². The van der Waals surface area contributed by atoms with Gasteiger partial charge in [-0.2, -0.15) is 0 Å². The summed E-state index contributed by atoms with van der Waals surface area (Å²) in [4.78, 5) is 18.7. The molecular formula is C11H10BrFN4O. The van der Waals surface area contributed by atoms with Gasteiger partial charge in [-0.15, -0.1) is 0 Å². The number of aromatic amines is 1. The molecular weight excluding hydrogens is 303 g/mol. The smallest absolute Gasteiger partial charge is 0.252 e. The third kappa shape index (κ3) is 2.67. The molecule has 94 valence electrons. The summed E-state index contributed by atoms with van der Waals surface area (Å²) in [5, 5.41) is 2.65. The largest absolute Gasteiger partial charge is 0.396 e. The van der Waals surface area contributed by atoms with Gasteiger partial charge in [0.2, 0.25) is 0 Å². The van der Waals surface area contributed by atoms with Gasteiger partial charge in [0.25, 0.3) is 5.91 Å². The molecule has 1 amide bonds. The number of hydrogen-bond acceptors (Lipinski definition) is 3. The highest BCUT2D eigenvalue weighted by Gasteiger charge is 2.13. The van der Waals surface area contributed by atoms with Gasteiger partial charge >= 0.3 is 0 Å². The maximum atomic E-state index is 13.1. The molecule has 7 heteroatoms. The van der Waals surface area contributed by atoms with Crippen molar-refractivity contribution in [2.75, 3.05) is 5.73 Å². The molecule has 0 saturated heterocycles. The Labute approximate surface area is 111 Å². The highest BCUT2D eigenvalue weighted by atomic mass is 79.9. The molecule has 0 fully saturated rings. The number of amides is 1. The van der Waals surface area contributed by atoms with E-state index < -0.39 is 5.82 Å². The van der Waals surface area contributed by atoms with Crippen LogP contribution in [0.1, 0.15) is 16.2 Å². The Morgan fingerprint density at radius 2 is 2.33 bits per heavy atom. The SMILES string of the molecule is Nc1cc(C(=O)NCc2ncc[nH]2)c(Br)cc1F. The summed E-state index contributed by atoms with van der Waals surface area (Å²) in [7, 11) is 0. The van der Waals surface area contributed by atoms with Crippen LogP contribution in [0.5, 0.6) is 0 Å². The molecule has 0 atom stereocenters. The number of carbonyl (C=O) groups is 1. The Morgan fingerprint density at radius 1 is 1.56 bits per heavy atom. The summed E-state index contributed by atoms with van der Waals surface area (Å²) >= 11 is 3.12. The van der Waals surface area contributed by atoms with Crippen LogP contribution in [0.4, 0.5) is 10.1 Å². The van der Waals surface area contributed by atoms with Crippen molar-refractivity contribution < 1.29 is 9.18 Å². The van der Waals surface area contributed by atoms with E-state index in [1.54, 1.807) is 12.4 Å². The molecule has 0 aliphatic carbocycles. The van der Waals surface area contributed by atoms with E-state index in [0.29, 0.717) is 10.3 Å². The number of anilines is 1. The lowest BCUT2D eigenvalue weighted by Gasteiger charge is -2.07. The first-order valence-electron chi connectivity index (χ1n) is 5.09. The first kappa shape index (κ1) is 12.6. The highest BCUT2D eigenvalue weighted by molar-refractivity contribution is 9.10. The Kier molecular flexibility index (Phi) is 3.61. The fraction of sp³-hybridized carbons (Fsp3) is 0.0909. The number of rotatable bonds is 3. The minimum atomic E-state index is -0.565. The number of nitrogens with one attached hydrogen (secondary N) is 2. The third-order valence-corrected chi connectivity index (χ3v) is 2.96. The van der Waals surface area contributed by atoms with Gasteiger partial charge in [0.1, 0.15) is 11.6 Å². The van der Waals surface area contributed by atoms with Crippen LogP contribution in [-0.4, -0.2) is 15.9 Å². The first-order valence-corrected chi connectivity index (χ1v) is 5.88. The average Bonchev–Trinajstić information content (AvgIpc) is 2.84. The van der Waals surface area contributed by atoms with Gasteiger partial charge in [-0.1, -0.05) is 0 Å². The van der Waals surface area contributed by atoms with Crippen LogP contribution in [0.15, 0.2) is 29.0 Å². The van der Waals surface area contributed by atoms with E-state index in [9.17, 15) is 9.18 Å². The Morgan fingerprint density at radius 3 is 3.00 bits per heavy atom. The van der Waals surface area contributed by atoms with Crippen molar-refractivity contribution >= 4 is 27.5 Å². The van der Waals surface area contributed by atoms with Crippen LogP contribution >= 0.6 is 15.9 Å². The third-order valence-electron chi connectivity index (χ3n) is 2.30. The van der Waals surface area contributed by atoms with Crippen molar-refractivity contribution in [3.8, 4) is 0 Å². The summed E-state index contributed by atoms with van der Waals surface area (Å²) in [6, 6.07) is 2.45. The number of halogens is 2. The van der Waals surface area contributed by atoms with E-state index in [1.165, 1.54) is 6.07 Å². The first-order chi connectivity index (χ1) is 8.58. The van der Waals surface area contributed by atoms with Crippen LogP contribution in [0.25, 0.3) is 0 Å². The van der Waals surface area contributed by atoms with E-state index in [2.05, 4.69) is 31.2 Å². The number of aromatic nitrogens is 2. The van der Waals surface area contributed by atoms with E-state index in [0.717, 1.165) is 6.07 Å². The van der Waals surface area contributed by atoms with Gasteiger partial charge in [-0.05, 0) is 28.1 Å². The zero-order chi connectivity index (χ0) is 13.1. The zero-order valence-corrected chi connectivity index (χ0v) is 10.8. The predicted octanol–water partition coefficient (Wildman–Crippen LogP) is 1.82. The maximum absolute atomic E-state index is 13.1. The molecule has 2 aromatic rings. The van der Waals surface area contributed by atoms with Crippen molar-refractivity contribution in [3.05, 3.63) is 46.2 Å². The van der Waals surface area contributed by atoms with Gasteiger partial charge in [0.15, 0.2) is 0 Å². The summed E-state index contributed by atoms with van der Waals surface area (Å²) in [6.07, 6.45) is 3.25. The van der Waals surface area contributed by atoms with Gasteiger partial charge in [0, 0.05) is 16.9 Å². The molecule has 0 saturated carbocycles. The number of imidazole rings is 1. The summed E-state index contributed by atoms with van der Waals surface area (Å²) in [5.41, 5.74) is 5.63. The van der Waals surface area contributed by atoms with Crippen molar-refractivity contribution in [2.45, 2.75) is 6.54 Å². The Hall–Kier alpha value is -1.89. The van der Waals surface area contributed by atoms with E-state index in [4.69, 9.17) is 5.73 Å². The number of hydrogen-bond donors (Lipinski definition) is 3.